The summed E-state index contributed by atoms with van der Waals surface area (Å²) in [6.07, 6.45) is 1.93. The molecule has 1 spiro atoms. The highest BCUT2D eigenvalue weighted by Crippen LogP contribution is 2.37. The second-order valence-electron chi connectivity index (χ2n) is 10.0. The maximum absolute atomic E-state index is 13.4. The van der Waals surface area contributed by atoms with E-state index in [0.717, 1.165) is 43.1 Å². The van der Waals surface area contributed by atoms with Crippen LogP contribution in [0.1, 0.15) is 30.0 Å². The van der Waals surface area contributed by atoms with Crippen molar-refractivity contribution >= 4 is 11.9 Å². The number of hydrazine groups is 1. The molecule has 3 heterocycles. The molecule has 2 aromatic rings. The van der Waals surface area contributed by atoms with Crippen LogP contribution in [-0.4, -0.2) is 79.1 Å². The van der Waals surface area contributed by atoms with E-state index in [4.69, 9.17) is 4.74 Å². The Morgan fingerprint density at radius 3 is 2.42 bits per heavy atom. The summed E-state index contributed by atoms with van der Waals surface area (Å²) in [5.41, 5.74) is 7.97. The molecule has 5 rings (SSSR count). The van der Waals surface area contributed by atoms with E-state index in [0.29, 0.717) is 31.7 Å². The molecule has 2 atom stereocenters. The van der Waals surface area contributed by atoms with Crippen molar-refractivity contribution in [3.05, 3.63) is 65.5 Å². The molecule has 3 fully saturated rings. The largest absolute Gasteiger partial charge is 0.497 e. The topological polar surface area (TPSA) is 77.2 Å². The molecule has 3 aliphatic heterocycles. The number of piperidine rings is 1. The van der Waals surface area contributed by atoms with Crippen LogP contribution in [0.3, 0.4) is 0 Å². The average molecular weight is 496 g/mol. The molecule has 2 N–H and O–H groups in total. The van der Waals surface area contributed by atoms with Gasteiger partial charge in [-0.3, -0.25) is 15.1 Å². The van der Waals surface area contributed by atoms with Crippen LogP contribution in [-0.2, 0) is 11.2 Å². The molecule has 0 bridgehead atoms. The number of methoxy groups -OCH3 is 1. The molecule has 0 aliphatic carbocycles. The Hall–Kier alpha value is -3.01. The van der Waals surface area contributed by atoms with Gasteiger partial charge in [0.05, 0.1) is 13.2 Å². The zero-order valence-corrected chi connectivity index (χ0v) is 20.9. The fourth-order valence-electron chi connectivity index (χ4n) is 5.87. The Labute approximate surface area is 211 Å². The van der Waals surface area contributed by atoms with E-state index in [1.807, 2.05) is 36.4 Å². The number of rotatable bonds is 7. The Morgan fingerprint density at radius 2 is 1.75 bits per heavy atom. The van der Waals surface area contributed by atoms with Crippen molar-refractivity contribution in [2.45, 2.75) is 30.8 Å². The minimum Gasteiger partial charge on any atom is -0.497 e. The Balaban J connectivity index is 1.23. The third-order valence-corrected chi connectivity index (χ3v) is 8.02. The van der Waals surface area contributed by atoms with E-state index < -0.39 is 5.54 Å². The molecule has 0 aromatic heterocycles. The second kappa shape index (κ2) is 10.2. The molecule has 0 radical (unpaired) electrons. The van der Waals surface area contributed by atoms with E-state index in [1.54, 1.807) is 19.1 Å². The predicted molar refractivity (Wildman–Crippen MR) is 134 cm³/mol. The fraction of sp³-hybridized carbons (Fsp3) is 0.481. The van der Waals surface area contributed by atoms with E-state index in [-0.39, 0.29) is 23.8 Å². The minimum absolute atomic E-state index is 0.0877. The summed E-state index contributed by atoms with van der Waals surface area (Å²) in [6, 6.07) is 14.4. The van der Waals surface area contributed by atoms with E-state index in [1.165, 1.54) is 17.0 Å². The van der Waals surface area contributed by atoms with Crippen LogP contribution in [0.15, 0.2) is 48.5 Å². The van der Waals surface area contributed by atoms with Crippen molar-refractivity contribution in [3.63, 3.8) is 0 Å². The summed E-state index contributed by atoms with van der Waals surface area (Å²) in [5.74, 6) is 0.790. The summed E-state index contributed by atoms with van der Waals surface area (Å²) in [7, 11) is 3.23. The van der Waals surface area contributed by atoms with Crippen molar-refractivity contribution in [2.24, 2.45) is 5.92 Å². The number of amides is 3. The lowest BCUT2D eigenvalue weighted by atomic mass is 9.84. The highest BCUT2D eigenvalue weighted by atomic mass is 19.1. The number of urea groups is 1. The zero-order chi connectivity index (χ0) is 25.3. The van der Waals surface area contributed by atoms with Crippen LogP contribution in [0, 0.1) is 11.7 Å². The first-order valence-electron chi connectivity index (χ1n) is 12.6. The Kier molecular flexibility index (Phi) is 6.96. The van der Waals surface area contributed by atoms with Gasteiger partial charge in [-0.15, -0.1) is 0 Å². The van der Waals surface area contributed by atoms with Crippen LogP contribution in [0.4, 0.5) is 9.18 Å². The summed E-state index contributed by atoms with van der Waals surface area (Å²) in [4.78, 5) is 31.8. The maximum atomic E-state index is 13.4. The summed E-state index contributed by atoms with van der Waals surface area (Å²) in [6.45, 7) is 3.68. The monoisotopic (exact) mass is 495 g/mol. The minimum atomic E-state index is -0.767. The Morgan fingerprint density at radius 1 is 1.06 bits per heavy atom. The van der Waals surface area contributed by atoms with Crippen molar-refractivity contribution in [2.75, 3.05) is 46.9 Å². The number of nitrogens with zero attached hydrogens (tertiary/aromatic N) is 3. The Bertz CT molecular complexity index is 1090. The number of hydrogen-bond acceptors (Lipinski definition) is 6. The lowest BCUT2D eigenvalue weighted by molar-refractivity contribution is -0.134. The van der Waals surface area contributed by atoms with E-state index in [9.17, 15) is 14.0 Å². The fourth-order valence-corrected chi connectivity index (χ4v) is 5.87. The third kappa shape index (κ3) is 4.58. The highest BCUT2D eigenvalue weighted by Gasteiger charge is 2.56. The molecule has 3 aliphatic rings. The normalized spacial score (nSPS) is 24.2. The van der Waals surface area contributed by atoms with Gasteiger partial charge in [-0.1, -0.05) is 24.3 Å². The van der Waals surface area contributed by atoms with Crippen molar-refractivity contribution < 1.29 is 18.7 Å². The van der Waals surface area contributed by atoms with Gasteiger partial charge in [0.1, 0.15) is 17.1 Å². The van der Waals surface area contributed by atoms with Gasteiger partial charge in [0, 0.05) is 45.7 Å². The molecule has 0 saturated carbocycles. The van der Waals surface area contributed by atoms with Gasteiger partial charge in [0.15, 0.2) is 0 Å². The molecular weight excluding hydrogens is 461 g/mol. The number of nitrogens with one attached hydrogen (secondary N) is 2. The number of ether oxygens (including phenoxy) is 1. The molecule has 3 saturated heterocycles. The van der Waals surface area contributed by atoms with Gasteiger partial charge >= 0.3 is 6.03 Å². The van der Waals surface area contributed by atoms with Gasteiger partial charge in [-0.2, -0.15) is 0 Å². The van der Waals surface area contributed by atoms with Crippen LogP contribution >= 0.6 is 0 Å². The quantitative estimate of drug-likeness (QED) is 0.575. The number of likely N-dealkylation sites (tertiary alicyclic amines) is 1. The first-order chi connectivity index (χ1) is 17.4. The molecule has 2 unspecified atom stereocenters. The SMILES string of the molecule is COc1ccc(CCN2C(=O)N(C)C(=O)C23CCN(CC2CNNC2c2ccc(F)cc2)CC3)cc1. The smallest absolute Gasteiger partial charge is 0.327 e. The van der Waals surface area contributed by atoms with Gasteiger partial charge in [0.25, 0.3) is 5.91 Å². The molecule has 36 heavy (non-hydrogen) atoms. The molecule has 8 nitrogen and oxygen atoms in total. The molecule has 3 amide bonds. The number of likely N-dealkylation sites (N-methyl/N-ethyl adjacent to an activating group) is 1. The van der Waals surface area contributed by atoms with Gasteiger partial charge in [-0.05, 0) is 54.7 Å². The molecular formula is C27H34FN5O3. The van der Waals surface area contributed by atoms with Crippen LogP contribution in [0.25, 0.3) is 0 Å². The highest BCUT2D eigenvalue weighted by molar-refractivity contribution is 6.06. The number of hydrogen-bond donors (Lipinski definition) is 2. The number of imide groups is 1. The second-order valence-corrected chi connectivity index (χ2v) is 10.0. The van der Waals surface area contributed by atoms with Gasteiger partial charge in [-0.25, -0.2) is 14.6 Å². The standard InChI is InChI=1S/C27H34FN5O3/c1-31-25(34)27(33(26(31)35)14-11-19-3-9-23(36-2)10-4-19)12-15-32(16-13-27)18-21-17-29-30-24(21)20-5-7-22(28)8-6-20/h3-10,21,24,29-30H,11-18H2,1-2H3. The van der Waals surface area contributed by atoms with Gasteiger partial charge in [0.2, 0.25) is 0 Å². The molecule has 9 heteroatoms. The lowest BCUT2D eigenvalue weighted by Crippen LogP contribution is -2.57. The average Bonchev–Trinajstić information content (AvgIpc) is 3.43. The first kappa shape index (κ1) is 24.7. The third-order valence-electron chi connectivity index (χ3n) is 8.02. The predicted octanol–water partition coefficient (Wildman–Crippen LogP) is 2.57. The lowest BCUT2D eigenvalue weighted by Gasteiger charge is -2.43. The molecule has 2 aromatic carbocycles. The van der Waals surface area contributed by atoms with Crippen LogP contribution in [0.2, 0.25) is 0 Å². The zero-order valence-electron chi connectivity index (χ0n) is 20.9. The van der Waals surface area contributed by atoms with Gasteiger partial charge < -0.3 is 14.5 Å². The first-order valence-corrected chi connectivity index (χ1v) is 12.6. The summed E-state index contributed by atoms with van der Waals surface area (Å²) >= 11 is 0. The maximum Gasteiger partial charge on any atom is 0.327 e. The summed E-state index contributed by atoms with van der Waals surface area (Å²) < 4.78 is 18.6. The number of carbonyl (C=O) groups is 2. The van der Waals surface area contributed by atoms with Crippen molar-refractivity contribution in [1.82, 2.24) is 25.6 Å². The van der Waals surface area contributed by atoms with Crippen molar-refractivity contribution in [1.29, 1.82) is 0 Å². The van der Waals surface area contributed by atoms with Crippen molar-refractivity contribution in [3.8, 4) is 5.75 Å². The number of halogens is 1. The number of benzene rings is 2. The van der Waals surface area contributed by atoms with E-state index >= 15 is 0 Å². The van der Waals surface area contributed by atoms with Crippen LogP contribution in [0.5, 0.6) is 5.75 Å². The van der Waals surface area contributed by atoms with E-state index in [2.05, 4.69) is 15.8 Å². The molecule has 192 valence electrons. The summed E-state index contributed by atoms with van der Waals surface area (Å²) in [5, 5.41) is 0. The van der Waals surface area contributed by atoms with Crippen LogP contribution < -0.4 is 15.6 Å². The number of carbonyl (C=O) groups excluding carboxylic acids is 2.